The van der Waals surface area contributed by atoms with Gasteiger partial charge in [-0.1, -0.05) is 59.6 Å². The number of hydrogen-bond donors (Lipinski definition) is 0. The number of carbonyl (C=O) groups is 2. The van der Waals surface area contributed by atoms with E-state index < -0.39 is 17.6 Å². The van der Waals surface area contributed by atoms with Crippen LogP contribution in [0, 0.1) is 12.7 Å². The van der Waals surface area contributed by atoms with Gasteiger partial charge in [0.1, 0.15) is 11.5 Å². The Morgan fingerprint density at radius 3 is 2.20 bits per heavy atom. The van der Waals surface area contributed by atoms with Crippen LogP contribution in [0.25, 0.3) is 5.57 Å². The van der Waals surface area contributed by atoms with Gasteiger partial charge in [-0.15, -0.1) is 0 Å². The number of halogens is 2. The van der Waals surface area contributed by atoms with Crippen molar-refractivity contribution in [2.75, 3.05) is 16.8 Å². The summed E-state index contributed by atoms with van der Waals surface area (Å²) in [7, 11) is 1.74. The third kappa shape index (κ3) is 3.37. The van der Waals surface area contributed by atoms with E-state index in [1.165, 1.54) is 12.1 Å². The van der Waals surface area contributed by atoms with Crippen molar-refractivity contribution in [1.82, 2.24) is 0 Å². The van der Waals surface area contributed by atoms with E-state index in [0.29, 0.717) is 5.56 Å². The molecule has 2 amide bonds. The van der Waals surface area contributed by atoms with Crippen LogP contribution < -0.4 is 9.80 Å². The molecule has 0 radical (unpaired) electrons. The Morgan fingerprint density at radius 2 is 1.57 bits per heavy atom. The molecule has 4 rings (SSSR count). The van der Waals surface area contributed by atoms with Gasteiger partial charge in [0.15, 0.2) is 0 Å². The first-order valence-corrected chi connectivity index (χ1v) is 9.70. The zero-order valence-electron chi connectivity index (χ0n) is 16.4. The highest BCUT2D eigenvalue weighted by molar-refractivity contribution is 6.46. The summed E-state index contributed by atoms with van der Waals surface area (Å²) in [6.45, 7) is 1.95. The van der Waals surface area contributed by atoms with Gasteiger partial charge >= 0.3 is 0 Å². The Hall–Kier alpha value is -3.44. The van der Waals surface area contributed by atoms with Gasteiger partial charge in [0.2, 0.25) is 0 Å². The zero-order chi connectivity index (χ0) is 21.4. The molecule has 0 N–H and O–H groups in total. The number of imide groups is 1. The molecular weight excluding hydrogens is 403 g/mol. The third-order valence-corrected chi connectivity index (χ3v) is 5.33. The molecule has 0 atom stereocenters. The molecule has 6 heteroatoms. The molecule has 0 fully saturated rings. The van der Waals surface area contributed by atoms with Crippen LogP contribution in [0.5, 0.6) is 0 Å². The molecule has 3 aromatic carbocycles. The van der Waals surface area contributed by atoms with Crippen LogP contribution in [0.1, 0.15) is 11.1 Å². The van der Waals surface area contributed by atoms with Crippen LogP contribution >= 0.6 is 11.6 Å². The normalized spacial score (nSPS) is 13.9. The molecule has 4 nitrogen and oxygen atoms in total. The second kappa shape index (κ2) is 7.76. The maximum Gasteiger partial charge on any atom is 0.282 e. The standard InChI is InChI=1S/C24H18ClFN2O2/c1-15-8-10-16(11-9-15)21-22(27(2)17-6-4-3-5-7-17)24(30)28(23(21)29)18-12-13-20(26)19(25)14-18/h3-14H,1-2H3. The van der Waals surface area contributed by atoms with E-state index in [1.54, 1.807) is 11.9 Å². The first-order valence-electron chi connectivity index (χ1n) is 9.32. The van der Waals surface area contributed by atoms with Crippen molar-refractivity contribution in [3.63, 3.8) is 0 Å². The topological polar surface area (TPSA) is 40.6 Å². The summed E-state index contributed by atoms with van der Waals surface area (Å²) >= 11 is 5.91. The van der Waals surface area contributed by atoms with Gasteiger partial charge < -0.3 is 4.90 Å². The number of para-hydroxylation sites is 1. The highest BCUT2D eigenvalue weighted by Gasteiger charge is 2.42. The Balaban J connectivity index is 1.88. The summed E-state index contributed by atoms with van der Waals surface area (Å²) in [5.41, 5.74) is 3.18. The largest absolute Gasteiger partial charge is 0.339 e. The molecule has 0 aliphatic carbocycles. The van der Waals surface area contributed by atoms with Crippen molar-refractivity contribution < 1.29 is 14.0 Å². The van der Waals surface area contributed by atoms with Gasteiger partial charge in [-0.25, -0.2) is 9.29 Å². The molecule has 1 heterocycles. The Labute approximate surface area is 178 Å². The monoisotopic (exact) mass is 420 g/mol. The lowest BCUT2D eigenvalue weighted by atomic mass is 10.0. The third-order valence-electron chi connectivity index (χ3n) is 5.04. The molecule has 0 saturated carbocycles. The fraction of sp³-hybridized carbons (Fsp3) is 0.0833. The smallest absolute Gasteiger partial charge is 0.282 e. The number of anilines is 2. The van der Waals surface area contributed by atoms with Crippen molar-refractivity contribution in [3.05, 3.63) is 100 Å². The fourth-order valence-electron chi connectivity index (χ4n) is 3.45. The summed E-state index contributed by atoms with van der Waals surface area (Å²) in [5.74, 6) is -1.60. The Bertz CT molecular complexity index is 1170. The predicted molar refractivity (Wildman–Crippen MR) is 117 cm³/mol. The highest BCUT2D eigenvalue weighted by atomic mass is 35.5. The van der Waals surface area contributed by atoms with Gasteiger partial charge in [0.25, 0.3) is 11.8 Å². The molecule has 0 spiro atoms. The summed E-state index contributed by atoms with van der Waals surface area (Å²) in [6, 6.07) is 20.5. The predicted octanol–water partition coefficient (Wildman–Crippen LogP) is 5.21. The van der Waals surface area contributed by atoms with Gasteiger partial charge in [0.05, 0.1) is 16.3 Å². The van der Waals surface area contributed by atoms with Crippen LogP contribution in [-0.4, -0.2) is 18.9 Å². The highest BCUT2D eigenvalue weighted by Crippen LogP contribution is 2.37. The quantitative estimate of drug-likeness (QED) is 0.544. The summed E-state index contributed by atoms with van der Waals surface area (Å²) in [4.78, 5) is 29.6. The minimum atomic E-state index is -0.618. The molecule has 1 aliphatic rings. The lowest BCUT2D eigenvalue weighted by molar-refractivity contribution is -0.120. The van der Waals surface area contributed by atoms with Gasteiger partial charge in [-0.3, -0.25) is 9.59 Å². The maximum absolute atomic E-state index is 13.6. The number of nitrogens with zero attached hydrogens (tertiary/aromatic N) is 2. The van der Waals surface area contributed by atoms with Crippen LogP contribution in [0.4, 0.5) is 15.8 Å². The maximum atomic E-state index is 13.6. The van der Waals surface area contributed by atoms with E-state index in [0.717, 1.165) is 22.2 Å². The number of rotatable bonds is 4. The van der Waals surface area contributed by atoms with Gasteiger partial charge in [0, 0.05) is 12.7 Å². The molecule has 0 aromatic heterocycles. The fourth-order valence-corrected chi connectivity index (χ4v) is 3.62. The molecule has 1 aliphatic heterocycles. The molecule has 30 heavy (non-hydrogen) atoms. The number of hydrogen-bond acceptors (Lipinski definition) is 3. The number of amides is 2. The molecule has 150 valence electrons. The average Bonchev–Trinajstić information content (AvgIpc) is 3.01. The van der Waals surface area contributed by atoms with Crippen LogP contribution in [-0.2, 0) is 9.59 Å². The molecular formula is C24H18ClFN2O2. The molecule has 0 saturated heterocycles. The van der Waals surface area contributed by atoms with Crippen molar-refractivity contribution in [3.8, 4) is 0 Å². The van der Waals surface area contributed by atoms with E-state index in [9.17, 15) is 14.0 Å². The van der Waals surface area contributed by atoms with E-state index in [-0.39, 0.29) is 22.0 Å². The van der Waals surface area contributed by atoms with E-state index in [4.69, 9.17) is 11.6 Å². The SMILES string of the molecule is Cc1ccc(C2=C(N(C)c3ccccc3)C(=O)N(c3ccc(F)c(Cl)c3)C2=O)cc1. The van der Waals surface area contributed by atoms with Crippen LogP contribution in [0.2, 0.25) is 5.02 Å². The number of aryl methyl sites for hydroxylation is 1. The van der Waals surface area contributed by atoms with Crippen molar-refractivity contribution >= 4 is 40.4 Å². The lowest BCUT2D eigenvalue weighted by Gasteiger charge is -2.21. The van der Waals surface area contributed by atoms with E-state index >= 15 is 0 Å². The van der Waals surface area contributed by atoms with E-state index in [2.05, 4.69) is 0 Å². The van der Waals surface area contributed by atoms with Crippen LogP contribution in [0.15, 0.2) is 78.5 Å². The van der Waals surface area contributed by atoms with Gasteiger partial charge in [-0.05, 0) is 42.8 Å². The van der Waals surface area contributed by atoms with Crippen molar-refractivity contribution in [2.45, 2.75) is 6.92 Å². The minimum absolute atomic E-state index is 0.158. The van der Waals surface area contributed by atoms with Crippen LogP contribution in [0.3, 0.4) is 0 Å². The molecule has 0 bridgehead atoms. The summed E-state index contributed by atoms with van der Waals surface area (Å²) in [6.07, 6.45) is 0. The first kappa shape index (κ1) is 19.9. The summed E-state index contributed by atoms with van der Waals surface area (Å²) < 4.78 is 13.6. The molecule has 3 aromatic rings. The lowest BCUT2D eigenvalue weighted by Crippen LogP contribution is -2.34. The first-order chi connectivity index (χ1) is 14.4. The number of likely N-dealkylation sites (N-methyl/N-ethyl adjacent to an activating group) is 1. The van der Waals surface area contributed by atoms with Crippen molar-refractivity contribution in [1.29, 1.82) is 0 Å². The van der Waals surface area contributed by atoms with Gasteiger partial charge in [-0.2, -0.15) is 0 Å². The Kier molecular flexibility index (Phi) is 5.14. The second-order valence-electron chi connectivity index (χ2n) is 7.03. The summed E-state index contributed by atoms with van der Waals surface area (Å²) in [5, 5.41) is -0.158. The second-order valence-corrected chi connectivity index (χ2v) is 7.44. The van der Waals surface area contributed by atoms with E-state index in [1.807, 2.05) is 61.5 Å². The molecule has 0 unspecified atom stereocenters. The number of carbonyl (C=O) groups excluding carboxylic acids is 2. The average molecular weight is 421 g/mol. The van der Waals surface area contributed by atoms with Crippen molar-refractivity contribution in [2.24, 2.45) is 0 Å². The minimum Gasteiger partial charge on any atom is -0.339 e. The number of benzene rings is 3. The zero-order valence-corrected chi connectivity index (χ0v) is 17.2. The Morgan fingerprint density at radius 1 is 0.900 bits per heavy atom.